The van der Waals surface area contributed by atoms with E-state index in [1.165, 1.54) is 5.82 Å². The second-order valence-electron chi connectivity index (χ2n) is 2.99. The second kappa shape index (κ2) is 4.26. The first kappa shape index (κ1) is 9.26. The number of H-pyrrole nitrogens is 1. The molecule has 0 aliphatic carbocycles. The van der Waals surface area contributed by atoms with Crippen molar-refractivity contribution in [3.05, 3.63) is 18.2 Å². The van der Waals surface area contributed by atoms with Crippen molar-refractivity contribution in [3.8, 4) is 0 Å². The lowest BCUT2D eigenvalue weighted by Gasteiger charge is -2.08. The van der Waals surface area contributed by atoms with Crippen LogP contribution >= 0.6 is 0 Å². The van der Waals surface area contributed by atoms with Gasteiger partial charge in [-0.2, -0.15) is 0 Å². The highest BCUT2D eigenvalue weighted by Gasteiger charge is 2.13. The molecule has 0 aliphatic heterocycles. The van der Waals surface area contributed by atoms with E-state index in [1.807, 2.05) is 19.4 Å². The molecule has 1 rings (SSSR count). The molecule has 3 heteroatoms. The van der Waals surface area contributed by atoms with Crippen LogP contribution in [0.2, 0.25) is 0 Å². The van der Waals surface area contributed by atoms with Crippen molar-refractivity contribution >= 4 is 0 Å². The largest absolute Gasteiger partial charge is 0.381 e. The zero-order valence-corrected chi connectivity index (χ0v) is 8.00. The summed E-state index contributed by atoms with van der Waals surface area (Å²) in [6.07, 6.45) is 6.29. The number of methoxy groups -OCH3 is 1. The smallest absolute Gasteiger partial charge is 0.256 e. The summed E-state index contributed by atoms with van der Waals surface area (Å²) >= 11 is 0. The van der Waals surface area contributed by atoms with Crippen molar-refractivity contribution in [2.24, 2.45) is 7.05 Å². The summed E-state index contributed by atoms with van der Waals surface area (Å²) in [5, 5.41) is 0. The van der Waals surface area contributed by atoms with Crippen LogP contribution < -0.4 is 4.57 Å². The molecule has 0 saturated heterocycles. The topological polar surface area (TPSA) is 28.9 Å². The van der Waals surface area contributed by atoms with E-state index in [0.29, 0.717) is 6.10 Å². The summed E-state index contributed by atoms with van der Waals surface area (Å²) < 4.78 is 7.38. The van der Waals surface area contributed by atoms with Gasteiger partial charge in [0.15, 0.2) is 0 Å². The first-order chi connectivity index (χ1) is 5.77. The Morgan fingerprint density at radius 2 is 2.42 bits per heavy atom. The van der Waals surface area contributed by atoms with E-state index in [1.54, 1.807) is 7.11 Å². The SMILES string of the molecule is CCC(Cc1[nH]cc[n+]1C)OC. The normalized spacial score (nSPS) is 13.2. The van der Waals surface area contributed by atoms with Gasteiger partial charge in [0.2, 0.25) is 0 Å². The standard InChI is InChI=1S/C9H16N2O/c1-4-8(12-3)7-9-10-5-6-11(9)2/h5-6,8H,4,7H2,1-3H3/p+1. The summed E-state index contributed by atoms with van der Waals surface area (Å²) in [5.41, 5.74) is 0. The van der Waals surface area contributed by atoms with Crippen molar-refractivity contribution in [3.63, 3.8) is 0 Å². The van der Waals surface area contributed by atoms with Crippen molar-refractivity contribution in [2.45, 2.75) is 25.9 Å². The van der Waals surface area contributed by atoms with Gasteiger partial charge in [-0.25, -0.2) is 9.55 Å². The zero-order valence-electron chi connectivity index (χ0n) is 8.00. The third kappa shape index (κ3) is 2.08. The minimum absolute atomic E-state index is 0.329. The van der Waals surface area contributed by atoms with E-state index < -0.39 is 0 Å². The molecule has 3 nitrogen and oxygen atoms in total. The number of aromatic amines is 1. The predicted molar refractivity (Wildman–Crippen MR) is 46.8 cm³/mol. The first-order valence-corrected chi connectivity index (χ1v) is 4.32. The molecular weight excluding hydrogens is 152 g/mol. The van der Waals surface area contributed by atoms with Crippen LogP contribution in [-0.2, 0) is 18.2 Å². The van der Waals surface area contributed by atoms with Crippen LogP contribution in [0.5, 0.6) is 0 Å². The number of hydrogen-bond donors (Lipinski definition) is 1. The van der Waals surface area contributed by atoms with Gasteiger partial charge in [-0.15, -0.1) is 0 Å². The lowest BCUT2D eigenvalue weighted by Crippen LogP contribution is -2.33. The average molecular weight is 169 g/mol. The summed E-state index contributed by atoms with van der Waals surface area (Å²) in [7, 11) is 3.80. The summed E-state index contributed by atoms with van der Waals surface area (Å²) in [6, 6.07) is 0. The molecule has 1 N–H and O–H groups in total. The summed E-state index contributed by atoms with van der Waals surface area (Å²) in [5.74, 6) is 1.21. The minimum atomic E-state index is 0.329. The van der Waals surface area contributed by atoms with Crippen molar-refractivity contribution < 1.29 is 9.30 Å². The lowest BCUT2D eigenvalue weighted by atomic mass is 10.2. The Bertz CT molecular complexity index is 228. The molecule has 0 spiro atoms. The van der Waals surface area contributed by atoms with Crippen LogP contribution in [0.3, 0.4) is 0 Å². The third-order valence-corrected chi connectivity index (χ3v) is 2.18. The molecule has 0 bridgehead atoms. The maximum Gasteiger partial charge on any atom is 0.256 e. The maximum absolute atomic E-state index is 5.29. The van der Waals surface area contributed by atoms with Crippen LogP contribution in [0.15, 0.2) is 12.4 Å². The van der Waals surface area contributed by atoms with Crippen LogP contribution in [-0.4, -0.2) is 18.2 Å². The fourth-order valence-electron chi connectivity index (χ4n) is 1.25. The van der Waals surface area contributed by atoms with Gasteiger partial charge in [-0.05, 0) is 6.42 Å². The molecule has 12 heavy (non-hydrogen) atoms. The number of nitrogens with one attached hydrogen (secondary N) is 1. The van der Waals surface area contributed by atoms with Gasteiger partial charge in [0, 0.05) is 7.11 Å². The van der Waals surface area contributed by atoms with Gasteiger partial charge in [0.25, 0.3) is 5.82 Å². The predicted octanol–water partition coefficient (Wildman–Crippen LogP) is 0.807. The van der Waals surface area contributed by atoms with Crippen molar-refractivity contribution in [1.82, 2.24) is 4.98 Å². The van der Waals surface area contributed by atoms with Gasteiger partial charge in [0.1, 0.15) is 12.4 Å². The molecule has 1 unspecified atom stereocenters. The number of aryl methyl sites for hydroxylation is 1. The molecule has 0 radical (unpaired) electrons. The monoisotopic (exact) mass is 169 g/mol. The molecule has 0 amide bonds. The van der Waals surface area contributed by atoms with Crippen LogP contribution in [0.4, 0.5) is 0 Å². The number of rotatable bonds is 4. The summed E-state index contributed by atoms with van der Waals surface area (Å²) in [4.78, 5) is 3.19. The number of ether oxygens (including phenoxy) is 1. The van der Waals surface area contributed by atoms with E-state index in [0.717, 1.165) is 12.8 Å². The van der Waals surface area contributed by atoms with E-state index in [2.05, 4.69) is 16.5 Å². The number of aromatic nitrogens is 2. The average Bonchev–Trinajstić information content (AvgIpc) is 2.47. The highest BCUT2D eigenvalue weighted by Crippen LogP contribution is 2.01. The highest BCUT2D eigenvalue weighted by atomic mass is 16.5. The van der Waals surface area contributed by atoms with Crippen molar-refractivity contribution in [1.29, 1.82) is 0 Å². The molecule has 1 aromatic rings. The Morgan fingerprint density at radius 3 is 2.83 bits per heavy atom. The number of imidazole rings is 1. The first-order valence-electron chi connectivity index (χ1n) is 4.32. The van der Waals surface area contributed by atoms with Gasteiger partial charge in [-0.3, -0.25) is 0 Å². The van der Waals surface area contributed by atoms with E-state index in [-0.39, 0.29) is 0 Å². The Kier molecular flexibility index (Phi) is 3.29. The maximum atomic E-state index is 5.29. The van der Waals surface area contributed by atoms with Gasteiger partial charge >= 0.3 is 0 Å². The van der Waals surface area contributed by atoms with Gasteiger partial charge < -0.3 is 4.74 Å². The molecule has 1 aromatic heterocycles. The Morgan fingerprint density at radius 1 is 1.67 bits per heavy atom. The Balaban J connectivity index is 2.56. The van der Waals surface area contributed by atoms with E-state index in [9.17, 15) is 0 Å². The molecule has 0 saturated carbocycles. The third-order valence-electron chi connectivity index (χ3n) is 2.18. The molecule has 0 fully saturated rings. The fourth-order valence-corrected chi connectivity index (χ4v) is 1.25. The highest BCUT2D eigenvalue weighted by molar-refractivity contribution is 4.80. The van der Waals surface area contributed by atoms with Gasteiger partial charge in [-0.1, -0.05) is 6.92 Å². The van der Waals surface area contributed by atoms with E-state index >= 15 is 0 Å². The molecular formula is C9H17N2O+. The minimum Gasteiger partial charge on any atom is -0.381 e. The molecule has 68 valence electrons. The molecule has 0 aliphatic rings. The molecule has 1 atom stereocenters. The number of nitrogens with zero attached hydrogens (tertiary/aromatic N) is 1. The molecule has 1 heterocycles. The van der Waals surface area contributed by atoms with E-state index in [4.69, 9.17) is 4.74 Å². The van der Waals surface area contributed by atoms with Crippen LogP contribution in [0.25, 0.3) is 0 Å². The quantitative estimate of drug-likeness (QED) is 0.664. The molecule has 0 aromatic carbocycles. The zero-order chi connectivity index (χ0) is 8.97. The lowest BCUT2D eigenvalue weighted by molar-refractivity contribution is -0.678. The second-order valence-corrected chi connectivity index (χ2v) is 2.99. The van der Waals surface area contributed by atoms with Crippen LogP contribution in [0.1, 0.15) is 19.2 Å². The Hall–Kier alpha value is -0.830. The fraction of sp³-hybridized carbons (Fsp3) is 0.667. The Labute approximate surface area is 73.4 Å². The van der Waals surface area contributed by atoms with Crippen LogP contribution in [0, 0.1) is 0 Å². The number of hydrogen-bond acceptors (Lipinski definition) is 1. The van der Waals surface area contributed by atoms with Crippen molar-refractivity contribution in [2.75, 3.05) is 7.11 Å². The van der Waals surface area contributed by atoms with Gasteiger partial charge in [0.05, 0.1) is 19.6 Å². The summed E-state index contributed by atoms with van der Waals surface area (Å²) in [6.45, 7) is 2.14.